The highest BCUT2D eigenvalue weighted by Gasteiger charge is 2.29. The Kier molecular flexibility index (Phi) is 7.04. The molecule has 1 aliphatic rings. The first-order chi connectivity index (χ1) is 17.0. The summed E-state index contributed by atoms with van der Waals surface area (Å²) in [6, 6.07) is 14.0. The van der Waals surface area contributed by atoms with Crippen molar-refractivity contribution in [3.63, 3.8) is 0 Å². The highest BCUT2D eigenvalue weighted by molar-refractivity contribution is 7.89. The minimum atomic E-state index is -3.41. The van der Waals surface area contributed by atoms with Gasteiger partial charge in [-0.3, -0.25) is 10.1 Å². The number of nitrogens with one attached hydrogen (secondary N) is 3. The van der Waals surface area contributed by atoms with E-state index < -0.39 is 16.1 Å². The van der Waals surface area contributed by atoms with E-state index in [1.165, 1.54) is 16.2 Å². The number of hydrogen-bond donors (Lipinski definition) is 3. The van der Waals surface area contributed by atoms with Crippen LogP contribution in [0.4, 0.5) is 15.5 Å². The summed E-state index contributed by atoms with van der Waals surface area (Å²) in [4.78, 5) is 28.9. The summed E-state index contributed by atoms with van der Waals surface area (Å²) in [5, 5.41) is 16.9. The lowest BCUT2D eigenvalue weighted by atomic mass is 9.94. The van der Waals surface area contributed by atoms with Gasteiger partial charge < -0.3 is 10.2 Å². The predicted molar refractivity (Wildman–Crippen MR) is 142 cm³/mol. The zero-order chi connectivity index (χ0) is 26.1. The largest absolute Gasteiger partial charge is 0.336 e. The summed E-state index contributed by atoms with van der Waals surface area (Å²) in [6.07, 6.45) is 0. The number of sulfonamides is 1. The fourth-order valence-electron chi connectivity index (χ4n) is 3.90. The fraction of sp³-hybridized carbons (Fsp3) is 0.320. The van der Waals surface area contributed by atoms with Gasteiger partial charge >= 0.3 is 6.03 Å². The Morgan fingerprint density at radius 2 is 1.81 bits per heavy atom. The van der Waals surface area contributed by atoms with Crippen molar-refractivity contribution in [3.8, 4) is 6.07 Å². The number of thiophene rings is 1. The molecule has 1 saturated heterocycles. The lowest BCUT2D eigenvalue weighted by molar-refractivity contribution is 0.0773. The molecule has 188 valence electrons. The van der Waals surface area contributed by atoms with Gasteiger partial charge in [-0.1, -0.05) is 45.0 Å². The topological polar surface area (TPSA) is 131 Å². The van der Waals surface area contributed by atoms with Crippen LogP contribution in [0.15, 0.2) is 42.5 Å². The predicted octanol–water partition coefficient (Wildman–Crippen LogP) is 4.09. The first-order valence-electron chi connectivity index (χ1n) is 11.4. The Bertz CT molecular complexity index is 1480. The lowest BCUT2D eigenvalue weighted by Gasteiger charge is -2.20. The normalized spacial score (nSPS) is 15.7. The Morgan fingerprint density at radius 1 is 1.08 bits per heavy atom. The second kappa shape index (κ2) is 9.89. The lowest BCUT2D eigenvalue weighted by Crippen LogP contribution is -2.35. The van der Waals surface area contributed by atoms with Crippen LogP contribution in [0.3, 0.4) is 0 Å². The van der Waals surface area contributed by atoms with E-state index in [2.05, 4.69) is 21.4 Å². The molecule has 3 N–H and O–H groups in total. The van der Waals surface area contributed by atoms with E-state index in [0.717, 1.165) is 15.6 Å². The molecule has 9 nitrogen and oxygen atoms in total. The van der Waals surface area contributed by atoms with E-state index in [4.69, 9.17) is 0 Å². The van der Waals surface area contributed by atoms with E-state index in [1.807, 2.05) is 45.0 Å². The molecule has 1 aliphatic heterocycles. The summed E-state index contributed by atoms with van der Waals surface area (Å²) < 4.78 is 26.3. The van der Waals surface area contributed by atoms with E-state index in [1.54, 1.807) is 18.2 Å². The third kappa shape index (κ3) is 5.51. The number of nitrogens with zero attached hydrogens (tertiary/aromatic N) is 2. The van der Waals surface area contributed by atoms with Gasteiger partial charge in [0.15, 0.2) is 0 Å². The molecule has 0 saturated carbocycles. The minimum absolute atomic E-state index is 0.0672. The number of carbonyl (C=O) groups excluding carboxylic acids is 2. The van der Waals surface area contributed by atoms with Crippen LogP contribution >= 0.6 is 11.3 Å². The summed E-state index contributed by atoms with van der Waals surface area (Å²) in [5.74, 6) is -0.510. The maximum atomic E-state index is 13.4. The van der Waals surface area contributed by atoms with E-state index in [-0.39, 0.29) is 36.7 Å². The van der Waals surface area contributed by atoms with Gasteiger partial charge in [0.25, 0.3) is 5.91 Å². The number of rotatable bonds is 3. The third-order valence-corrected chi connectivity index (χ3v) is 8.68. The maximum Gasteiger partial charge on any atom is 0.324 e. The van der Waals surface area contributed by atoms with Crippen LogP contribution in [0.25, 0.3) is 10.8 Å². The second-order valence-electron chi connectivity index (χ2n) is 9.51. The van der Waals surface area contributed by atoms with E-state index in [9.17, 15) is 23.3 Å². The Labute approximate surface area is 214 Å². The molecule has 0 spiro atoms. The second-order valence-corrected chi connectivity index (χ2v) is 12.5. The number of fused-ring (bicyclic) bond motifs is 1. The fourth-order valence-corrected chi connectivity index (χ4v) is 6.01. The van der Waals surface area contributed by atoms with Gasteiger partial charge in [0.2, 0.25) is 10.0 Å². The highest BCUT2D eigenvalue weighted by atomic mass is 32.2. The van der Waals surface area contributed by atoms with Crippen LogP contribution in [0.1, 0.15) is 41.6 Å². The van der Waals surface area contributed by atoms with Gasteiger partial charge in [-0.2, -0.15) is 5.26 Å². The average Bonchev–Trinajstić information content (AvgIpc) is 3.16. The molecule has 36 heavy (non-hydrogen) atoms. The summed E-state index contributed by atoms with van der Waals surface area (Å²) in [7, 11) is -3.41. The van der Waals surface area contributed by atoms with Crippen molar-refractivity contribution >= 4 is 54.8 Å². The first-order valence-corrected chi connectivity index (χ1v) is 13.9. The van der Waals surface area contributed by atoms with Crippen molar-refractivity contribution in [2.75, 3.05) is 36.0 Å². The zero-order valence-corrected chi connectivity index (χ0v) is 21.8. The molecule has 0 unspecified atom stereocenters. The summed E-state index contributed by atoms with van der Waals surface area (Å²) >= 11 is 1.32. The summed E-state index contributed by atoms with van der Waals surface area (Å²) in [5.41, 5.74) is 1.10. The van der Waals surface area contributed by atoms with Gasteiger partial charge in [0.1, 0.15) is 5.00 Å². The van der Waals surface area contributed by atoms with E-state index >= 15 is 0 Å². The van der Waals surface area contributed by atoms with Crippen LogP contribution in [0, 0.1) is 11.3 Å². The molecule has 1 fully saturated rings. The number of nitriles is 1. The van der Waals surface area contributed by atoms with Crippen molar-refractivity contribution in [1.29, 1.82) is 5.26 Å². The Hall–Kier alpha value is -3.46. The number of amides is 3. The molecular weight excluding hydrogens is 498 g/mol. The zero-order valence-electron chi connectivity index (χ0n) is 20.2. The number of anilines is 2. The van der Waals surface area contributed by atoms with Gasteiger partial charge in [0.05, 0.1) is 28.6 Å². The van der Waals surface area contributed by atoms with Crippen molar-refractivity contribution in [2.24, 2.45) is 0 Å². The SMILES string of the molecule is CC(C)(C)c1cc(C(=O)N2CCNS(=O)(=O)CC2)c(NC(=O)Nc2ccc(C#N)c3ccccc23)s1. The number of hydrogen-bond acceptors (Lipinski definition) is 6. The molecule has 11 heteroatoms. The summed E-state index contributed by atoms with van der Waals surface area (Å²) in [6.45, 7) is 6.49. The molecule has 0 bridgehead atoms. The number of benzene rings is 2. The molecule has 4 rings (SSSR count). The molecule has 2 aromatic carbocycles. The molecule has 3 aromatic rings. The van der Waals surface area contributed by atoms with Gasteiger partial charge in [-0.15, -0.1) is 11.3 Å². The average molecular weight is 526 g/mol. The van der Waals surface area contributed by atoms with E-state index in [0.29, 0.717) is 21.8 Å². The van der Waals surface area contributed by atoms with Crippen LogP contribution in [0.5, 0.6) is 0 Å². The maximum absolute atomic E-state index is 13.4. The molecule has 3 amide bonds. The Balaban J connectivity index is 1.62. The van der Waals surface area contributed by atoms with Crippen LogP contribution in [0.2, 0.25) is 0 Å². The quantitative estimate of drug-likeness (QED) is 0.474. The highest BCUT2D eigenvalue weighted by Crippen LogP contribution is 2.37. The molecule has 2 heterocycles. The minimum Gasteiger partial charge on any atom is -0.336 e. The van der Waals surface area contributed by atoms with Crippen LogP contribution in [-0.2, 0) is 15.4 Å². The van der Waals surface area contributed by atoms with Crippen LogP contribution in [-0.4, -0.2) is 50.6 Å². The Morgan fingerprint density at radius 3 is 2.50 bits per heavy atom. The number of urea groups is 1. The molecule has 0 aliphatic carbocycles. The van der Waals surface area contributed by atoms with Crippen molar-refractivity contribution in [3.05, 3.63) is 58.5 Å². The van der Waals surface area contributed by atoms with Crippen molar-refractivity contribution in [1.82, 2.24) is 9.62 Å². The molecule has 0 atom stereocenters. The van der Waals surface area contributed by atoms with Crippen molar-refractivity contribution < 1.29 is 18.0 Å². The van der Waals surface area contributed by atoms with Crippen LogP contribution < -0.4 is 15.4 Å². The molecule has 0 radical (unpaired) electrons. The third-order valence-electron chi connectivity index (χ3n) is 5.84. The number of carbonyl (C=O) groups is 2. The van der Waals surface area contributed by atoms with Crippen molar-refractivity contribution in [2.45, 2.75) is 26.2 Å². The smallest absolute Gasteiger partial charge is 0.324 e. The van der Waals surface area contributed by atoms with Gasteiger partial charge in [-0.25, -0.2) is 17.9 Å². The molecule has 1 aromatic heterocycles. The standard InChI is InChI=1S/C25H27N5O4S2/c1-25(2,3)21-14-19(23(31)30-11-10-27-36(33,34)13-12-30)22(35-21)29-24(32)28-20-9-8-16(15-26)17-6-4-5-7-18(17)20/h4-9,14,27H,10-13H2,1-3H3,(H2,28,29,32). The molecular formula is C25H27N5O4S2. The first kappa shape index (κ1) is 25.6. The monoisotopic (exact) mass is 525 g/mol. The van der Waals surface area contributed by atoms with Gasteiger partial charge in [0, 0.05) is 35.3 Å². The van der Waals surface area contributed by atoms with Gasteiger partial charge in [-0.05, 0) is 23.6 Å².